The van der Waals surface area contributed by atoms with Crippen molar-refractivity contribution < 1.29 is 9.57 Å². The second kappa shape index (κ2) is 9.59. The van der Waals surface area contributed by atoms with E-state index in [2.05, 4.69) is 35.0 Å². The molecule has 0 bridgehead atoms. The van der Waals surface area contributed by atoms with Gasteiger partial charge in [0.15, 0.2) is 0 Å². The number of oxime groups is 1. The van der Waals surface area contributed by atoms with Crippen molar-refractivity contribution in [2.45, 2.75) is 63.7 Å². The van der Waals surface area contributed by atoms with Crippen LogP contribution in [-0.2, 0) is 16.9 Å². The van der Waals surface area contributed by atoms with Crippen LogP contribution in [0.2, 0.25) is 0 Å². The van der Waals surface area contributed by atoms with Crippen molar-refractivity contribution >= 4 is 11.5 Å². The van der Waals surface area contributed by atoms with Gasteiger partial charge in [0.05, 0.1) is 29.1 Å². The zero-order chi connectivity index (χ0) is 25.3. The Morgan fingerprint density at radius 2 is 1.81 bits per heavy atom. The summed E-state index contributed by atoms with van der Waals surface area (Å²) in [6, 6.07) is 15.7. The number of rotatable bonds is 5. The van der Waals surface area contributed by atoms with Crippen molar-refractivity contribution in [3.05, 3.63) is 71.0 Å². The second-order valence-electron chi connectivity index (χ2n) is 9.99. The summed E-state index contributed by atoms with van der Waals surface area (Å²) in [4.78, 5) is 14.7. The zero-order valence-corrected chi connectivity index (χ0v) is 20.6. The summed E-state index contributed by atoms with van der Waals surface area (Å²) in [5, 5.41) is 13.6. The summed E-state index contributed by atoms with van der Waals surface area (Å²) in [7, 11) is 0. The van der Waals surface area contributed by atoms with Crippen LogP contribution in [0.3, 0.4) is 0 Å². The molecular formula is C28H30N6O2. The average molecular weight is 483 g/mol. The third-order valence-corrected chi connectivity index (χ3v) is 7.09. The molecule has 36 heavy (non-hydrogen) atoms. The standard InChI is InChI=1S/C28H30N6O2/c1-28(2)24-25(32-16-33-27(24)31)22-12-11-21(36-20-9-7-19(30)8-10-20)13-23(22)26(28)34-35-15-18-5-3-17(14-29)4-6-18/h3-6,11-13,16,19-20H,7-10,15,30H2,1-2H3,(H2,31,32,33)/b34-26+/t19-,20-. The third kappa shape index (κ3) is 4.50. The molecule has 0 radical (unpaired) electrons. The van der Waals surface area contributed by atoms with E-state index in [4.69, 9.17) is 26.3 Å². The minimum absolute atomic E-state index is 0.151. The lowest BCUT2D eigenvalue weighted by Crippen LogP contribution is -2.36. The molecule has 184 valence electrons. The van der Waals surface area contributed by atoms with Gasteiger partial charge in [0.1, 0.15) is 24.5 Å². The molecule has 0 atom stereocenters. The Morgan fingerprint density at radius 3 is 2.53 bits per heavy atom. The average Bonchev–Trinajstić information content (AvgIpc) is 2.87. The maximum absolute atomic E-state index is 9.03. The van der Waals surface area contributed by atoms with E-state index >= 15 is 0 Å². The number of hydrogen-bond donors (Lipinski definition) is 2. The van der Waals surface area contributed by atoms with Crippen molar-refractivity contribution in [1.82, 2.24) is 9.97 Å². The minimum atomic E-state index is -0.603. The van der Waals surface area contributed by atoms with E-state index in [9.17, 15) is 0 Å². The van der Waals surface area contributed by atoms with Crippen LogP contribution in [0.1, 0.15) is 61.8 Å². The lowest BCUT2D eigenvalue weighted by Gasteiger charge is -2.35. The van der Waals surface area contributed by atoms with E-state index in [0.717, 1.165) is 65.1 Å². The van der Waals surface area contributed by atoms with E-state index in [-0.39, 0.29) is 18.8 Å². The Hall–Kier alpha value is -3.96. The van der Waals surface area contributed by atoms with Crippen LogP contribution in [0.25, 0.3) is 11.3 Å². The quantitative estimate of drug-likeness (QED) is 0.513. The normalized spacial score (nSPS) is 21.2. The van der Waals surface area contributed by atoms with E-state index in [1.54, 1.807) is 12.1 Å². The predicted molar refractivity (Wildman–Crippen MR) is 138 cm³/mol. The monoisotopic (exact) mass is 482 g/mol. The second-order valence-corrected chi connectivity index (χ2v) is 9.99. The number of nitrogen functional groups attached to an aromatic ring is 1. The topological polar surface area (TPSA) is 132 Å². The smallest absolute Gasteiger partial charge is 0.142 e. The molecule has 2 aliphatic carbocycles. The molecule has 8 nitrogen and oxygen atoms in total. The maximum Gasteiger partial charge on any atom is 0.142 e. The first-order valence-electron chi connectivity index (χ1n) is 12.2. The van der Waals surface area contributed by atoms with Crippen LogP contribution < -0.4 is 16.2 Å². The van der Waals surface area contributed by atoms with E-state index < -0.39 is 5.41 Å². The highest BCUT2D eigenvalue weighted by molar-refractivity contribution is 6.15. The number of benzene rings is 2. The zero-order valence-electron chi connectivity index (χ0n) is 20.6. The number of nitrogens with zero attached hydrogens (tertiary/aromatic N) is 4. The van der Waals surface area contributed by atoms with Gasteiger partial charge in [-0.3, -0.25) is 0 Å². The summed E-state index contributed by atoms with van der Waals surface area (Å²) in [6.45, 7) is 4.37. The molecule has 0 amide bonds. The third-order valence-electron chi connectivity index (χ3n) is 7.09. The molecular weight excluding hydrogens is 452 g/mol. The van der Waals surface area contributed by atoms with Crippen molar-refractivity contribution in [1.29, 1.82) is 5.26 Å². The van der Waals surface area contributed by atoms with Crippen LogP contribution in [0.5, 0.6) is 5.75 Å². The van der Waals surface area contributed by atoms with Crippen LogP contribution >= 0.6 is 0 Å². The Kier molecular flexibility index (Phi) is 6.33. The fraction of sp³-hybridized carbons (Fsp3) is 0.357. The number of aromatic nitrogens is 2. The largest absolute Gasteiger partial charge is 0.490 e. The van der Waals surface area contributed by atoms with Crippen molar-refractivity contribution in [3.63, 3.8) is 0 Å². The molecule has 0 unspecified atom stereocenters. The Morgan fingerprint density at radius 1 is 1.06 bits per heavy atom. The first-order chi connectivity index (χ1) is 17.4. The predicted octanol–water partition coefficient (Wildman–Crippen LogP) is 4.46. The van der Waals surface area contributed by atoms with Crippen molar-refractivity contribution in [2.75, 3.05) is 5.73 Å². The van der Waals surface area contributed by atoms with Crippen molar-refractivity contribution in [3.8, 4) is 23.1 Å². The molecule has 1 heterocycles. The molecule has 3 aromatic rings. The summed E-state index contributed by atoms with van der Waals surface area (Å²) in [5.41, 5.74) is 17.5. The van der Waals surface area contributed by atoms with Gasteiger partial charge in [0.25, 0.3) is 0 Å². The molecule has 1 fully saturated rings. The minimum Gasteiger partial charge on any atom is -0.490 e. The first-order valence-corrected chi connectivity index (χ1v) is 12.2. The highest BCUT2D eigenvalue weighted by Gasteiger charge is 2.41. The number of ether oxygens (including phenoxy) is 1. The first kappa shape index (κ1) is 23.8. The Labute approximate surface area is 211 Å². The number of anilines is 1. The van der Waals surface area contributed by atoms with Crippen molar-refractivity contribution in [2.24, 2.45) is 10.9 Å². The SMILES string of the molecule is CC1(C)/C(=N/OCc2ccc(C#N)cc2)c2cc(O[C@H]3CC[C@H](N)CC3)ccc2-c2ncnc(N)c21. The van der Waals surface area contributed by atoms with Gasteiger partial charge in [-0.1, -0.05) is 17.3 Å². The Balaban J connectivity index is 1.50. The van der Waals surface area contributed by atoms with Gasteiger partial charge < -0.3 is 21.0 Å². The summed E-state index contributed by atoms with van der Waals surface area (Å²) >= 11 is 0. The maximum atomic E-state index is 9.03. The van der Waals surface area contributed by atoms with Crippen LogP contribution in [-0.4, -0.2) is 27.8 Å². The molecule has 0 aliphatic heterocycles. The van der Waals surface area contributed by atoms with Gasteiger partial charge in [-0.2, -0.15) is 5.26 Å². The van der Waals surface area contributed by atoms with Crippen LogP contribution in [0.15, 0.2) is 53.9 Å². The summed E-state index contributed by atoms with van der Waals surface area (Å²) < 4.78 is 6.36. The molecule has 8 heteroatoms. The number of hydrogen-bond acceptors (Lipinski definition) is 8. The highest BCUT2D eigenvalue weighted by atomic mass is 16.6. The molecule has 1 aromatic heterocycles. The van der Waals surface area contributed by atoms with E-state index in [0.29, 0.717) is 11.4 Å². The molecule has 0 spiro atoms. The van der Waals surface area contributed by atoms with Gasteiger partial charge in [-0.25, -0.2) is 9.97 Å². The molecule has 2 aliphatic rings. The number of nitrogens with two attached hydrogens (primary N) is 2. The van der Waals surface area contributed by atoms with Gasteiger partial charge in [-0.05, 0) is 75.4 Å². The van der Waals surface area contributed by atoms with Crippen LogP contribution in [0.4, 0.5) is 5.82 Å². The molecule has 0 saturated heterocycles. The molecule has 1 saturated carbocycles. The van der Waals surface area contributed by atoms with Gasteiger partial charge in [-0.15, -0.1) is 0 Å². The summed E-state index contributed by atoms with van der Waals surface area (Å²) in [5.74, 6) is 1.21. The number of nitriles is 1. The summed E-state index contributed by atoms with van der Waals surface area (Å²) in [6.07, 6.45) is 5.49. The fourth-order valence-corrected chi connectivity index (χ4v) is 5.08. The lowest BCUT2D eigenvalue weighted by molar-refractivity contribution is 0.129. The van der Waals surface area contributed by atoms with E-state index in [1.807, 2.05) is 30.3 Å². The van der Waals surface area contributed by atoms with Crippen LogP contribution in [0, 0.1) is 11.3 Å². The molecule has 5 rings (SSSR count). The van der Waals surface area contributed by atoms with Gasteiger partial charge >= 0.3 is 0 Å². The van der Waals surface area contributed by atoms with E-state index in [1.165, 1.54) is 6.33 Å². The van der Waals surface area contributed by atoms with Gasteiger partial charge in [0.2, 0.25) is 0 Å². The number of fused-ring (bicyclic) bond motifs is 3. The van der Waals surface area contributed by atoms with Gasteiger partial charge in [0, 0.05) is 28.1 Å². The lowest BCUT2D eigenvalue weighted by atomic mass is 9.70. The highest BCUT2D eigenvalue weighted by Crippen LogP contribution is 2.45. The Bertz CT molecular complexity index is 1340. The fourth-order valence-electron chi connectivity index (χ4n) is 5.08. The molecule has 2 aromatic carbocycles. The molecule has 4 N–H and O–H groups in total.